The lowest BCUT2D eigenvalue weighted by molar-refractivity contribution is -0.153. The highest BCUT2D eigenvalue weighted by Crippen LogP contribution is 2.34. The minimum Gasteiger partial charge on any atom is -0.482 e. The van der Waals surface area contributed by atoms with Crippen LogP contribution in [0.4, 0.5) is 0 Å². The Morgan fingerprint density at radius 3 is 3.00 bits per heavy atom. The molecule has 2 rings (SSSR count). The summed E-state index contributed by atoms with van der Waals surface area (Å²) < 4.78 is 10.3. The van der Waals surface area contributed by atoms with E-state index in [0.29, 0.717) is 30.8 Å². The van der Waals surface area contributed by atoms with Crippen LogP contribution in [-0.4, -0.2) is 24.5 Å². The Balaban J connectivity index is 2.03. The molecule has 0 saturated carbocycles. The highest BCUT2D eigenvalue weighted by atomic mass is 16.6. The summed E-state index contributed by atoms with van der Waals surface area (Å²) in [6.07, 6.45) is 1.99. The van der Waals surface area contributed by atoms with Crippen molar-refractivity contribution in [2.24, 2.45) is 0 Å². The Morgan fingerprint density at radius 2 is 2.33 bits per heavy atom. The molecular weight excluding hydrogens is 196 g/mol. The summed E-state index contributed by atoms with van der Waals surface area (Å²) in [5.41, 5.74) is 0.708. The van der Waals surface area contributed by atoms with Crippen LogP contribution in [0.1, 0.15) is 32.6 Å². The second-order valence-electron chi connectivity index (χ2n) is 3.74. The molecule has 0 aromatic carbocycles. The lowest BCUT2D eigenvalue weighted by Gasteiger charge is -2.12. The van der Waals surface area contributed by atoms with Crippen LogP contribution in [0.3, 0.4) is 0 Å². The molecule has 1 heterocycles. The zero-order chi connectivity index (χ0) is 10.8. The van der Waals surface area contributed by atoms with Gasteiger partial charge in [0, 0.05) is 24.8 Å². The van der Waals surface area contributed by atoms with Crippen molar-refractivity contribution in [3.63, 3.8) is 0 Å². The third-order valence-corrected chi connectivity index (χ3v) is 2.70. The predicted octanol–water partition coefficient (Wildman–Crippen LogP) is 1.35. The van der Waals surface area contributed by atoms with Gasteiger partial charge in [-0.15, -0.1) is 0 Å². The van der Waals surface area contributed by atoms with Gasteiger partial charge in [-0.2, -0.15) is 0 Å². The van der Waals surface area contributed by atoms with E-state index in [1.54, 1.807) is 6.92 Å². The standard InChI is InChI=1S/C11H14O4/c1-2-14-11(13)10-6-7-8(12)4-3-5-9(7)15-10/h10H,2-6H2,1H3. The van der Waals surface area contributed by atoms with E-state index in [1.165, 1.54) is 0 Å². The molecule has 0 aromatic rings. The topological polar surface area (TPSA) is 52.6 Å². The lowest BCUT2D eigenvalue weighted by Crippen LogP contribution is -2.23. The molecule has 0 bridgehead atoms. The number of carbonyl (C=O) groups excluding carboxylic acids is 2. The van der Waals surface area contributed by atoms with Crippen molar-refractivity contribution in [3.8, 4) is 0 Å². The second-order valence-corrected chi connectivity index (χ2v) is 3.74. The minimum absolute atomic E-state index is 0.128. The number of hydrogen-bond acceptors (Lipinski definition) is 4. The molecular formula is C11H14O4. The van der Waals surface area contributed by atoms with Crippen molar-refractivity contribution in [2.45, 2.75) is 38.7 Å². The summed E-state index contributed by atoms with van der Waals surface area (Å²) in [6.45, 7) is 2.10. The SMILES string of the molecule is CCOC(=O)C1CC2=C(CCCC2=O)O1. The molecule has 1 aliphatic carbocycles. The fourth-order valence-corrected chi connectivity index (χ4v) is 1.99. The molecule has 15 heavy (non-hydrogen) atoms. The summed E-state index contributed by atoms with van der Waals surface area (Å²) in [6, 6.07) is 0. The van der Waals surface area contributed by atoms with Crippen LogP contribution in [0.25, 0.3) is 0 Å². The first-order valence-electron chi connectivity index (χ1n) is 5.31. The number of allylic oxidation sites excluding steroid dienone is 1. The Morgan fingerprint density at radius 1 is 1.53 bits per heavy atom. The van der Waals surface area contributed by atoms with Gasteiger partial charge < -0.3 is 9.47 Å². The molecule has 0 aromatic heterocycles. The van der Waals surface area contributed by atoms with Gasteiger partial charge in [0.25, 0.3) is 0 Å². The highest BCUT2D eigenvalue weighted by molar-refractivity contribution is 5.98. The van der Waals surface area contributed by atoms with Crippen molar-refractivity contribution in [2.75, 3.05) is 6.61 Å². The molecule has 4 heteroatoms. The summed E-state index contributed by atoms with van der Waals surface area (Å²) in [7, 11) is 0. The molecule has 0 saturated heterocycles. The Labute approximate surface area is 88.2 Å². The van der Waals surface area contributed by atoms with Crippen molar-refractivity contribution in [1.29, 1.82) is 0 Å². The van der Waals surface area contributed by atoms with Gasteiger partial charge in [-0.05, 0) is 13.3 Å². The van der Waals surface area contributed by atoms with Gasteiger partial charge >= 0.3 is 5.97 Å². The molecule has 1 atom stereocenters. The number of hydrogen-bond donors (Lipinski definition) is 0. The molecule has 0 radical (unpaired) electrons. The predicted molar refractivity (Wildman–Crippen MR) is 52.0 cm³/mol. The zero-order valence-corrected chi connectivity index (χ0v) is 8.75. The quantitative estimate of drug-likeness (QED) is 0.645. The van der Waals surface area contributed by atoms with Gasteiger partial charge in [-0.3, -0.25) is 4.79 Å². The van der Waals surface area contributed by atoms with Gasteiger partial charge in [0.15, 0.2) is 11.9 Å². The average Bonchev–Trinajstić information content (AvgIpc) is 2.63. The van der Waals surface area contributed by atoms with Gasteiger partial charge in [0.2, 0.25) is 0 Å². The van der Waals surface area contributed by atoms with Crippen molar-refractivity contribution >= 4 is 11.8 Å². The third-order valence-electron chi connectivity index (χ3n) is 2.70. The fraction of sp³-hybridized carbons (Fsp3) is 0.636. The van der Waals surface area contributed by atoms with Crippen LogP contribution in [0.15, 0.2) is 11.3 Å². The molecule has 4 nitrogen and oxygen atoms in total. The monoisotopic (exact) mass is 210 g/mol. The van der Waals surface area contributed by atoms with Crippen molar-refractivity contribution in [1.82, 2.24) is 0 Å². The first kappa shape index (κ1) is 10.2. The number of ketones is 1. The molecule has 0 fully saturated rings. The number of ether oxygens (including phenoxy) is 2. The van der Waals surface area contributed by atoms with E-state index in [-0.39, 0.29) is 11.8 Å². The van der Waals surface area contributed by atoms with Crippen LogP contribution < -0.4 is 0 Å². The van der Waals surface area contributed by atoms with E-state index in [2.05, 4.69) is 0 Å². The zero-order valence-electron chi connectivity index (χ0n) is 8.75. The Bertz CT molecular complexity index is 329. The average molecular weight is 210 g/mol. The number of rotatable bonds is 2. The molecule has 1 aliphatic heterocycles. The number of carbonyl (C=O) groups is 2. The maximum atomic E-state index is 11.5. The Kier molecular flexibility index (Phi) is 2.75. The van der Waals surface area contributed by atoms with E-state index < -0.39 is 6.10 Å². The summed E-state index contributed by atoms with van der Waals surface area (Å²) >= 11 is 0. The van der Waals surface area contributed by atoms with Crippen molar-refractivity contribution < 1.29 is 19.1 Å². The largest absolute Gasteiger partial charge is 0.482 e. The third kappa shape index (κ3) is 1.89. The van der Waals surface area contributed by atoms with Crippen LogP contribution in [-0.2, 0) is 19.1 Å². The van der Waals surface area contributed by atoms with Gasteiger partial charge in [0.1, 0.15) is 5.76 Å². The van der Waals surface area contributed by atoms with E-state index in [9.17, 15) is 9.59 Å². The number of Topliss-reactive ketones (excluding diaryl/α,β-unsaturated/α-hetero) is 1. The normalized spacial score (nSPS) is 24.9. The van der Waals surface area contributed by atoms with E-state index in [1.807, 2.05) is 0 Å². The minimum atomic E-state index is -0.586. The highest BCUT2D eigenvalue weighted by Gasteiger charge is 2.36. The summed E-state index contributed by atoms with van der Waals surface area (Å²) in [4.78, 5) is 22.9. The fourth-order valence-electron chi connectivity index (χ4n) is 1.99. The van der Waals surface area contributed by atoms with Gasteiger partial charge in [-0.1, -0.05) is 0 Å². The van der Waals surface area contributed by atoms with Crippen LogP contribution in [0.2, 0.25) is 0 Å². The molecule has 82 valence electrons. The summed E-state index contributed by atoms with van der Waals surface area (Å²) in [5, 5.41) is 0. The van der Waals surface area contributed by atoms with Crippen LogP contribution in [0.5, 0.6) is 0 Å². The first-order chi connectivity index (χ1) is 7.22. The van der Waals surface area contributed by atoms with E-state index in [0.717, 1.165) is 12.8 Å². The maximum absolute atomic E-state index is 11.5. The lowest BCUT2D eigenvalue weighted by atomic mass is 9.95. The molecule has 0 N–H and O–H groups in total. The smallest absolute Gasteiger partial charge is 0.347 e. The molecule has 1 unspecified atom stereocenters. The molecule has 2 aliphatic rings. The second kappa shape index (κ2) is 4.04. The molecule has 0 amide bonds. The van der Waals surface area contributed by atoms with E-state index >= 15 is 0 Å². The number of esters is 1. The van der Waals surface area contributed by atoms with Gasteiger partial charge in [-0.25, -0.2) is 4.79 Å². The van der Waals surface area contributed by atoms with Crippen LogP contribution in [0, 0.1) is 0 Å². The van der Waals surface area contributed by atoms with Crippen LogP contribution >= 0.6 is 0 Å². The van der Waals surface area contributed by atoms with E-state index in [4.69, 9.17) is 9.47 Å². The summed E-state index contributed by atoms with van der Waals surface area (Å²) in [5.74, 6) is 0.479. The first-order valence-corrected chi connectivity index (χ1v) is 5.31. The van der Waals surface area contributed by atoms with Gasteiger partial charge in [0.05, 0.1) is 6.61 Å². The molecule has 0 spiro atoms. The Hall–Kier alpha value is -1.32. The van der Waals surface area contributed by atoms with Crippen molar-refractivity contribution in [3.05, 3.63) is 11.3 Å². The maximum Gasteiger partial charge on any atom is 0.347 e.